The Kier molecular flexibility index (Phi) is 5.78. The number of aliphatic imine (C=N–C) groups is 1. The molecule has 1 fully saturated rings. The van der Waals surface area contributed by atoms with Crippen molar-refractivity contribution in [3.8, 4) is 5.75 Å². The van der Waals surface area contributed by atoms with Crippen molar-refractivity contribution < 1.29 is 9.47 Å². The molecule has 1 atom stereocenters. The summed E-state index contributed by atoms with van der Waals surface area (Å²) in [5, 5.41) is 7.70. The molecule has 1 N–H and O–H groups in total. The first-order valence-corrected chi connectivity index (χ1v) is 8.79. The monoisotopic (exact) mass is 357 g/mol. The number of benzene rings is 1. The Bertz CT molecular complexity index is 771. The van der Waals surface area contributed by atoms with E-state index in [9.17, 15) is 0 Å². The maximum absolute atomic E-state index is 5.92. The Balaban J connectivity index is 1.64. The minimum atomic E-state index is 0.00932. The summed E-state index contributed by atoms with van der Waals surface area (Å²) in [7, 11) is 5.42. The van der Waals surface area contributed by atoms with Gasteiger partial charge in [-0.25, -0.2) is 0 Å². The van der Waals surface area contributed by atoms with Crippen LogP contribution < -0.4 is 10.1 Å². The van der Waals surface area contributed by atoms with E-state index in [0.717, 1.165) is 30.4 Å². The molecular weight excluding hydrogens is 330 g/mol. The molecule has 0 amide bonds. The lowest BCUT2D eigenvalue weighted by Gasteiger charge is -2.34. The third kappa shape index (κ3) is 4.35. The van der Waals surface area contributed by atoms with Gasteiger partial charge in [0.05, 0.1) is 26.5 Å². The van der Waals surface area contributed by atoms with E-state index in [2.05, 4.69) is 33.3 Å². The lowest BCUT2D eigenvalue weighted by Crippen LogP contribution is -2.47. The number of methoxy groups -OCH3 is 1. The van der Waals surface area contributed by atoms with E-state index in [4.69, 9.17) is 9.47 Å². The van der Waals surface area contributed by atoms with Crippen molar-refractivity contribution in [2.24, 2.45) is 12.0 Å². The van der Waals surface area contributed by atoms with Gasteiger partial charge in [-0.2, -0.15) is 5.10 Å². The Labute approximate surface area is 154 Å². The van der Waals surface area contributed by atoms with Crippen molar-refractivity contribution >= 4 is 5.96 Å². The molecule has 3 rings (SSSR count). The van der Waals surface area contributed by atoms with Crippen molar-refractivity contribution in [3.63, 3.8) is 0 Å². The first-order valence-electron chi connectivity index (χ1n) is 8.79. The fourth-order valence-electron chi connectivity index (χ4n) is 3.21. The summed E-state index contributed by atoms with van der Waals surface area (Å²) in [5.74, 6) is 1.75. The number of nitrogens with one attached hydrogen (secondary N) is 1. The van der Waals surface area contributed by atoms with Gasteiger partial charge in [0.1, 0.15) is 11.9 Å². The van der Waals surface area contributed by atoms with Crippen LogP contribution in [0.4, 0.5) is 0 Å². The summed E-state index contributed by atoms with van der Waals surface area (Å²) in [6.07, 6.45) is 3.88. The number of nitrogens with zero attached hydrogens (tertiary/aromatic N) is 4. The summed E-state index contributed by atoms with van der Waals surface area (Å²) in [6.45, 7) is 5.00. The van der Waals surface area contributed by atoms with Gasteiger partial charge in [-0.05, 0) is 30.2 Å². The highest BCUT2D eigenvalue weighted by molar-refractivity contribution is 5.80. The molecule has 1 saturated heterocycles. The predicted octanol–water partition coefficient (Wildman–Crippen LogP) is 1.89. The number of hydrogen-bond acceptors (Lipinski definition) is 4. The van der Waals surface area contributed by atoms with Gasteiger partial charge in [0.15, 0.2) is 5.96 Å². The maximum atomic E-state index is 5.92. The SMILES string of the molecule is CN=C(NCc1cc(C)cc(OC)c1)N1CCOC(c2cnn(C)c2)C1. The second-order valence-corrected chi connectivity index (χ2v) is 6.51. The fraction of sp³-hybridized carbons (Fsp3) is 0.474. The molecule has 1 aromatic carbocycles. The van der Waals surface area contributed by atoms with E-state index in [1.54, 1.807) is 11.8 Å². The van der Waals surface area contributed by atoms with Crippen LogP contribution in [0.5, 0.6) is 5.75 Å². The Morgan fingerprint density at radius 3 is 2.96 bits per heavy atom. The van der Waals surface area contributed by atoms with Crippen LogP contribution >= 0.6 is 0 Å². The third-order valence-electron chi connectivity index (χ3n) is 4.47. The number of rotatable bonds is 4. The Morgan fingerprint density at radius 2 is 2.27 bits per heavy atom. The average Bonchev–Trinajstić information content (AvgIpc) is 3.08. The number of ether oxygens (including phenoxy) is 2. The second-order valence-electron chi connectivity index (χ2n) is 6.51. The van der Waals surface area contributed by atoms with E-state index in [1.807, 2.05) is 38.6 Å². The highest BCUT2D eigenvalue weighted by atomic mass is 16.5. The van der Waals surface area contributed by atoms with Gasteiger partial charge in [-0.3, -0.25) is 9.67 Å². The molecule has 1 aromatic heterocycles. The lowest BCUT2D eigenvalue weighted by atomic mass is 10.1. The van der Waals surface area contributed by atoms with Crippen molar-refractivity contribution in [1.29, 1.82) is 0 Å². The average molecular weight is 357 g/mol. The number of hydrogen-bond donors (Lipinski definition) is 1. The summed E-state index contributed by atoms with van der Waals surface area (Å²) < 4.78 is 13.1. The highest BCUT2D eigenvalue weighted by Gasteiger charge is 2.25. The van der Waals surface area contributed by atoms with Crippen LogP contribution in [-0.2, 0) is 18.3 Å². The first-order chi connectivity index (χ1) is 12.6. The molecule has 0 bridgehead atoms. The predicted molar refractivity (Wildman–Crippen MR) is 101 cm³/mol. The zero-order valence-electron chi connectivity index (χ0n) is 15.9. The smallest absolute Gasteiger partial charge is 0.194 e. The van der Waals surface area contributed by atoms with Gasteiger partial charge < -0.3 is 19.7 Å². The van der Waals surface area contributed by atoms with Crippen LogP contribution in [0, 0.1) is 6.92 Å². The van der Waals surface area contributed by atoms with Crippen molar-refractivity contribution in [2.45, 2.75) is 19.6 Å². The lowest BCUT2D eigenvalue weighted by molar-refractivity contribution is -0.00805. The van der Waals surface area contributed by atoms with Gasteiger partial charge in [-0.15, -0.1) is 0 Å². The van der Waals surface area contributed by atoms with E-state index >= 15 is 0 Å². The second kappa shape index (κ2) is 8.23. The molecule has 0 saturated carbocycles. The first kappa shape index (κ1) is 18.3. The number of aryl methyl sites for hydroxylation is 2. The third-order valence-corrected chi connectivity index (χ3v) is 4.47. The van der Waals surface area contributed by atoms with E-state index in [0.29, 0.717) is 13.2 Å². The van der Waals surface area contributed by atoms with Crippen LogP contribution in [0.3, 0.4) is 0 Å². The van der Waals surface area contributed by atoms with E-state index in [1.165, 1.54) is 11.1 Å². The summed E-state index contributed by atoms with van der Waals surface area (Å²) in [5.41, 5.74) is 3.44. The molecule has 2 aromatic rings. The van der Waals surface area contributed by atoms with Crippen LogP contribution in [-0.4, -0.2) is 54.5 Å². The molecule has 0 spiro atoms. The van der Waals surface area contributed by atoms with Gasteiger partial charge in [0.25, 0.3) is 0 Å². The topological polar surface area (TPSA) is 63.9 Å². The summed E-state index contributed by atoms with van der Waals surface area (Å²) >= 11 is 0. The number of guanidine groups is 1. The molecule has 7 nitrogen and oxygen atoms in total. The summed E-state index contributed by atoms with van der Waals surface area (Å²) in [6, 6.07) is 6.23. The number of aromatic nitrogens is 2. The molecule has 0 radical (unpaired) electrons. The largest absolute Gasteiger partial charge is 0.497 e. The quantitative estimate of drug-likeness (QED) is 0.669. The van der Waals surface area contributed by atoms with Crippen molar-refractivity contribution in [1.82, 2.24) is 20.0 Å². The van der Waals surface area contributed by atoms with Crippen LogP contribution in [0.25, 0.3) is 0 Å². The molecular formula is C19H27N5O2. The molecule has 1 aliphatic rings. The maximum Gasteiger partial charge on any atom is 0.194 e. The fourth-order valence-corrected chi connectivity index (χ4v) is 3.21. The van der Waals surface area contributed by atoms with Crippen LogP contribution in [0.2, 0.25) is 0 Å². The zero-order valence-corrected chi connectivity index (χ0v) is 15.9. The van der Waals surface area contributed by atoms with E-state index in [-0.39, 0.29) is 6.10 Å². The minimum absolute atomic E-state index is 0.00932. The molecule has 2 heterocycles. The molecule has 1 unspecified atom stereocenters. The van der Waals surface area contributed by atoms with Crippen molar-refractivity contribution in [3.05, 3.63) is 47.3 Å². The molecule has 7 heteroatoms. The van der Waals surface area contributed by atoms with Gasteiger partial charge >= 0.3 is 0 Å². The van der Waals surface area contributed by atoms with Gasteiger partial charge in [-0.1, -0.05) is 6.07 Å². The Morgan fingerprint density at radius 1 is 1.42 bits per heavy atom. The normalized spacial score (nSPS) is 18.1. The van der Waals surface area contributed by atoms with Crippen molar-refractivity contribution in [2.75, 3.05) is 33.9 Å². The molecule has 1 aliphatic heterocycles. The molecule has 140 valence electrons. The van der Waals surface area contributed by atoms with Gasteiger partial charge in [0, 0.05) is 38.9 Å². The van der Waals surface area contributed by atoms with E-state index < -0.39 is 0 Å². The molecule has 0 aliphatic carbocycles. The number of morpholine rings is 1. The van der Waals surface area contributed by atoms with Crippen LogP contribution in [0.1, 0.15) is 22.8 Å². The standard InChI is InChI=1S/C19H27N5O2/c1-14-7-15(9-17(8-14)25-4)10-21-19(20-2)24-5-6-26-18(13-24)16-11-22-23(3)12-16/h7-9,11-12,18H,5-6,10,13H2,1-4H3,(H,20,21). The summed E-state index contributed by atoms with van der Waals surface area (Å²) in [4.78, 5) is 6.68. The molecule has 26 heavy (non-hydrogen) atoms. The minimum Gasteiger partial charge on any atom is -0.497 e. The van der Waals surface area contributed by atoms with Crippen LogP contribution in [0.15, 0.2) is 35.6 Å². The Hall–Kier alpha value is -2.54. The highest BCUT2D eigenvalue weighted by Crippen LogP contribution is 2.22. The zero-order chi connectivity index (χ0) is 18.5. The van der Waals surface area contributed by atoms with Gasteiger partial charge in [0.2, 0.25) is 0 Å².